The number of ether oxygens (including phenoxy) is 2. The van der Waals surface area contributed by atoms with Crippen LogP contribution in [0.1, 0.15) is 10.5 Å². The number of amides is 1. The second kappa shape index (κ2) is 8.01. The third kappa shape index (κ3) is 3.27. The summed E-state index contributed by atoms with van der Waals surface area (Å²) in [6.07, 6.45) is 3.33. The van der Waals surface area contributed by atoms with Gasteiger partial charge in [-0.05, 0) is 18.2 Å². The van der Waals surface area contributed by atoms with Crippen molar-refractivity contribution in [3.05, 3.63) is 53.4 Å². The summed E-state index contributed by atoms with van der Waals surface area (Å²) in [4.78, 5) is 21.5. The monoisotopic (exact) mass is 450 g/mol. The van der Waals surface area contributed by atoms with Crippen molar-refractivity contribution in [1.82, 2.24) is 25.1 Å². The van der Waals surface area contributed by atoms with E-state index in [0.717, 1.165) is 10.9 Å². The molecule has 5 rings (SSSR count). The van der Waals surface area contributed by atoms with Gasteiger partial charge in [-0.25, -0.2) is 4.98 Å². The number of carbonyl (C=O) groups is 1. The van der Waals surface area contributed by atoms with Crippen LogP contribution in [-0.2, 0) is 6.54 Å². The number of pyridine rings is 2. The molecule has 0 spiro atoms. The number of nitrogens with one attached hydrogen (secondary N) is 2. The van der Waals surface area contributed by atoms with Crippen LogP contribution in [0.4, 0.5) is 11.4 Å². The zero-order valence-corrected chi connectivity index (χ0v) is 18.1. The van der Waals surface area contributed by atoms with E-state index in [-0.39, 0.29) is 5.91 Å². The summed E-state index contributed by atoms with van der Waals surface area (Å²) < 4.78 is 12.5. The van der Waals surface area contributed by atoms with Gasteiger partial charge in [0.05, 0.1) is 48.9 Å². The van der Waals surface area contributed by atoms with Crippen LogP contribution in [-0.4, -0.2) is 46.4 Å². The van der Waals surface area contributed by atoms with Gasteiger partial charge in [-0.2, -0.15) is 5.10 Å². The van der Waals surface area contributed by atoms with Crippen molar-refractivity contribution in [1.29, 1.82) is 0 Å². The third-order valence-corrected chi connectivity index (χ3v) is 5.57. The van der Waals surface area contributed by atoms with Gasteiger partial charge < -0.3 is 20.1 Å². The Morgan fingerprint density at radius 3 is 2.88 bits per heavy atom. The summed E-state index contributed by atoms with van der Waals surface area (Å²) in [6.45, 7) is 1.05. The fourth-order valence-corrected chi connectivity index (χ4v) is 4.07. The van der Waals surface area contributed by atoms with Crippen LogP contribution in [0.2, 0.25) is 5.02 Å². The average molecular weight is 451 g/mol. The molecule has 0 saturated heterocycles. The average Bonchev–Trinajstić information content (AvgIpc) is 3.17. The van der Waals surface area contributed by atoms with Crippen LogP contribution in [0.15, 0.2) is 42.7 Å². The van der Waals surface area contributed by atoms with Crippen molar-refractivity contribution < 1.29 is 14.3 Å². The quantitative estimate of drug-likeness (QED) is 0.478. The largest absolute Gasteiger partial charge is 0.493 e. The third-order valence-electron chi connectivity index (χ3n) is 5.27. The molecule has 0 saturated carbocycles. The first-order valence-electron chi connectivity index (χ1n) is 9.88. The Hall–Kier alpha value is -3.85. The molecule has 32 heavy (non-hydrogen) atoms. The Morgan fingerprint density at radius 1 is 1.19 bits per heavy atom. The minimum atomic E-state index is -0.212. The summed E-state index contributed by atoms with van der Waals surface area (Å²) in [7, 11) is 3.10. The number of benzene rings is 1. The SMILES string of the molecule is COc1cc2c(-c3nn4c(c3Nc3cccc(Cl)c3OC)C(=O)NCC4)ccnc2cn1. The van der Waals surface area contributed by atoms with Crippen LogP contribution in [0, 0.1) is 0 Å². The molecule has 0 radical (unpaired) electrons. The van der Waals surface area contributed by atoms with Crippen LogP contribution >= 0.6 is 11.6 Å². The number of para-hydroxylation sites is 1. The van der Waals surface area contributed by atoms with E-state index in [9.17, 15) is 4.79 Å². The molecule has 0 aliphatic carbocycles. The minimum Gasteiger partial charge on any atom is -0.493 e. The van der Waals surface area contributed by atoms with E-state index in [1.165, 1.54) is 0 Å². The molecule has 162 valence electrons. The van der Waals surface area contributed by atoms with Crippen LogP contribution in [0.3, 0.4) is 0 Å². The zero-order valence-electron chi connectivity index (χ0n) is 17.3. The predicted molar refractivity (Wildman–Crippen MR) is 121 cm³/mol. The molecule has 4 heterocycles. The van der Waals surface area contributed by atoms with Crippen molar-refractivity contribution in [3.63, 3.8) is 0 Å². The summed E-state index contributed by atoms with van der Waals surface area (Å²) >= 11 is 6.32. The molecule has 0 unspecified atom stereocenters. The highest BCUT2D eigenvalue weighted by atomic mass is 35.5. The Bertz CT molecular complexity index is 1350. The number of nitrogens with zero attached hydrogens (tertiary/aromatic N) is 4. The molecule has 1 amide bonds. The predicted octanol–water partition coefficient (Wildman–Crippen LogP) is 3.65. The van der Waals surface area contributed by atoms with E-state index >= 15 is 0 Å². The van der Waals surface area contributed by atoms with Gasteiger partial charge in [-0.1, -0.05) is 17.7 Å². The lowest BCUT2D eigenvalue weighted by atomic mass is 10.1. The van der Waals surface area contributed by atoms with E-state index < -0.39 is 0 Å². The topological polar surface area (TPSA) is 103 Å². The standard InChI is InChI=1S/C22H19ClN6O3/c1-31-17-10-13-12(6-7-24-16(13)11-26-17)18-19(20-22(30)25-8-9-29(20)28-18)27-15-5-3-4-14(23)21(15)32-2/h3-7,10-11,27H,8-9H2,1-2H3,(H,25,30). The van der Waals surface area contributed by atoms with Gasteiger partial charge in [-0.3, -0.25) is 14.5 Å². The molecule has 4 aromatic rings. The fourth-order valence-electron chi connectivity index (χ4n) is 3.82. The molecule has 0 bridgehead atoms. The van der Waals surface area contributed by atoms with Crippen molar-refractivity contribution >= 4 is 39.8 Å². The van der Waals surface area contributed by atoms with Gasteiger partial charge in [0.15, 0.2) is 5.75 Å². The number of hydrogen-bond acceptors (Lipinski definition) is 7. The van der Waals surface area contributed by atoms with Crippen LogP contribution in [0.5, 0.6) is 11.6 Å². The van der Waals surface area contributed by atoms with Gasteiger partial charge in [0.2, 0.25) is 5.88 Å². The molecule has 2 N–H and O–H groups in total. The number of hydrogen-bond donors (Lipinski definition) is 2. The lowest BCUT2D eigenvalue weighted by molar-refractivity contribution is 0.0925. The number of fused-ring (bicyclic) bond motifs is 2. The normalized spacial score (nSPS) is 12.9. The molecule has 9 nitrogen and oxygen atoms in total. The summed E-state index contributed by atoms with van der Waals surface area (Å²) in [5.74, 6) is 0.720. The molecule has 1 aromatic carbocycles. The molecular formula is C22H19ClN6O3. The second-order valence-electron chi connectivity index (χ2n) is 7.10. The number of carbonyl (C=O) groups excluding carboxylic acids is 1. The van der Waals surface area contributed by atoms with Crippen molar-refractivity contribution in [2.75, 3.05) is 26.1 Å². The number of anilines is 2. The number of halogens is 1. The van der Waals surface area contributed by atoms with Crippen molar-refractivity contribution in [2.24, 2.45) is 0 Å². The zero-order chi connectivity index (χ0) is 22.2. The molecular weight excluding hydrogens is 432 g/mol. The van der Waals surface area contributed by atoms with Crippen LogP contribution in [0.25, 0.3) is 22.2 Å². The maximum atomic E-state index is 12.8. The highest BCUT2D eigenvalue weighted by molar-refractivity contribution is 6.32. The van der Waals surface area contributed by atoms with E-state index in [2.05, 4.69) is 20.6 Å². The highest BCUT2D eigenvalue weighted by Gasteiger charge is 2.29. The van der Waals surface area contributed by atoms with E-state index in [4.69, 9.17) is 26.2 Å². The Balaban J connectivity index is 1.76. The minimum absolute atomic E-state index is 0.212. The smallest absolute Gasteiger partial charge is 0.271 e. The lowest BCUT2D eigenvalue weighted by Crippen LogP contribution is -2.35. The van der Waals surface area contributed by atoms with Crippen molar-refractivity contribution in [3.8, 4) is 22.9 Å². The maximum absolute atomic E-state index is 12.8. The highest BCUT2D eigenvalue weighted by Crippen LogP contribution is 2.40. The molecule has 3 aromatic heterocycles. The van der Waals surface area contributed by atoms with Gasteiger partial charge in [0.1, 0.15) is 11.4 Å². The van der Waals surface area contributed by atoms with E-state index in [1.807, 2.05) is 12.1 Å². The summed E-state index contributed by atoms with van der Waals surface area (Å²) in [6, 6.07) is 9.04. The summed E-state index contributed by atoms with van der Waals surface area (Å²) in [5.41, 5.74) is 3.66. The Morgan fingerprint density at radius 2 is 2.06 bits per heavy atom. The number of rotatable bonds is 5. The summed E-state index contributed by atoms with van der Waals surface area (Å²) in [5, 5.41) is 12.3. The lowest BCUT2D eigenvalue weighted by Gasteiger charge is -2.17. The number of aromatic nitrogens is 4. The maximum Gasteiger partial charge on any atom is 0.271 e. The van der Waals surface area contributed by atoms with Gasteiger partial charge in [-0.15, -0.1) is 0 Å². The van der Waals surface area contributed by atoms with Gasteiger partial charge >= 0.3 is 0 Å². The van der Waals surface area contributed by atoms with Gasteiger partial charge in [0, 0.05) is 29.8 Å². The fraction of sp³-hybridized carbons (Fsp3) is 0.182. The van der Waals surface area contributed by atoms with Crippen LogP contribution < -0.4 is 20.1 Å². The van der Waals surface area contributed by atoms with E-state index in [1.54, 1.807) is 49.5 Å². The Labute approximate surface area is 188 Å². The Kier molecular flexibility index (Phi) is 5.02. The molecule has 10 heteroatoms. The molecule has 0 atom stereocenters. The first kappa shape index (κ1) is 20.1. The number of methoxy groups -OCH3 is 2. The van der Waals surface area contributed by atoms with Crippen molar-refractivity contribution in [2.45, 2.75) is 6.54 Å². The van der Waals surface area contributed by atoms with E-state index in [0.29, 0.717) is 58.0 Å². The second-order valence-corrected chi connectivity index (χ2v) is 7.51. The first-order valence-corrected chi connectivity index (χ1v) is 10.3. The molecule has 1 aliphatic rings. The van der Waals surface area contributed by atoms with Gasteiger partial charge in [0.25, 0.3) is 5.91 Å². The first-order chi connectivity index (χ1) is 15.6. The molecule has 1 aliphatic heterocycles. The molecule has 0 fully saturated rings.